The molecule has 18 heavy (non-hydrogen) atoms. The van der Waals surface area contributed by atoms with Crippen LogP contribution in [0.4, 0.5) is 0 Å². The molecule has 3 aliphatic rings. The van der Waals surface area contributed by atoms with Crippen molar-refractivity contribution in [2.45, 2.75) is 52.6 Å². The van der Waals surface area contributed by atoms with Crippen LogP contribution in [0, 0.1) is 17.3 Å². The van der Waals surface area contributed by atoms with Crippen molar-refractivity contribution in [2.75, 3.05) is 0 Å². The van der Waals surface area contributed by atoms with E-state index in [-0.39, 0.29) is 29.3 Å². The summed E-state index contributed by atoms with van der Waals surface area (Å²) in [5.41, 5.74) is 2.04. The van der Waals surface area contributed by atoms with Crippen molar-refractivity contribution in [3.8, 4) is 0 Å². The molecule has 0 N–H and O–H groups in total. The van der Waals surface area contributed by atoms with Crippen molar-refractivity contribution < 1.29 is 14.3 Å². The van der Waals surface area contributed by atoms with Gasteiger partial charge in [-0.15, -0.1) is 0 Å². The first-order chi connectivity index (χ1) is 8.45. The second kappa shape index (κ2) is 3.69. The van der Waals surface area contributed by atoms with Crippen LogP contribution in [0.5, 0.6) is 0 Å². The highest BCUT2D eigenvalue weighted by Crippen LogP contribution is 2.53. The van der Waals surface area contributed by atoms with Gasteiger partial charge in [-0.1, -0.05) is 12.5 Å². The molecule has 0 unspecified atom stereocenters. The maximum Gasteiger partial charge on any atom is 0.309 e. The van der Waals surface area contributed by atoms with Gasteiger partial charge in [-0.25, -0.2) is 0 Å². The molecule has 98 valence electrons. The minimum absolute atomic E-state index is 0.0168. The Morgan fingerprint density at radius 3 is 2.72 bits per heavy atom. The Balaban J connectivity index is 2.08. The Kier molecular flexibility index (Phi) is 2.45. The first-order valence-electron chi connectivity index (χ1n) is 6.89. The fourth-order valence-electron chi connectivity index (χ4n) is 4.05. The third-order valence-electron chi connectivity index (χ3n) is 5.30. The van der Waals surface area contributed by atoms with Gasteiger partial charge in [0.2, 0.25) is 0 Å². The molecule has 0 aromatic carbocycles. The summed E-state index contributed by atoms with van der Waals surface area (Å²) in [7, 11) is 0. The number of hydrogen-bond acceptors (Lipinski definition) is 3. The zero-order valence-electron chi connectivity index (χ0n) is 11.3. The van der Waals surface area contributed by atoms with Crippen LogP contribution < -0.4 is 0 Å². The van der Waals surface area contributed by atoms with Crippen LogP contribution >= 0.6 is 0 Å². The number of hydrogen-bond donors (Lipinski definition) is 0. The summed E-state index contributed by atoms with van der Waals surface area (Å²) >= 11 is 0. The number of carbonyl (C=O) groups excluding carboxylic acids is 2. The topological polar surface area (TPSA) is 43.4 Å². The maximum atomic E-state index is 12.3. The lowest BCUT2D eigenvalue weighted by molar-refractivity contribution is -0.144. The molecule has 1 saturated heterocycles. The summed E-state index contributed by atoms with van der Waals surface area (Å²) in [6.07, 6.45) is 3.15. The van der Waals surface area contributed by atoms with Gasteiger partial charge < -0.3 is 4.74 Å². The molecule has 0 aromatic heterocycles. The van der Waals surface area contributed by atoms with E-state index in [0.717, 1.165) is 24.8 Å². The van der Waals surface area contributed by atoms with Crippen molar-refractivity contribution in [1.82, 2.24) is 0 Å². The molecule has 1 saturated carbocycles. The number of allylic oxidation sites excluding steroid dienone is 1. The van der Waals surface area contributed by atoms with Crippen molar-refractivity contribution in [3.05, 3.63) is 11.1 Å². The number of esters is 1. The predicted octanol–water partition coefficient (Wildman–Crippen LogP) is 2.64. The van der Waals surface area contributed by atoms with E-state index in [0.29, 0.717) is 12.2 Å². The summed E-state index contributed by atoms with van der Waals surface area (Å²) in [6, 6.07) is 0. The van der Waals surface area contributed by atoms with Crippen LogP contribution in [0.2, 0.25) is 0 Å². The number of Topliss-reactive ketones (excluding diaryl/α,β-unsaturated/α-hetero) is 1. The summed E-state index contributed by atoms with van der Waals surface area (Å²) in [5.74, 6) is 0.503. The Morgan fingerprint density at radius 2 is 2.00 bits per heavy atom. The number of rotatable bonds is 0. The highest BCUT2D eigenvalue weighted by Gasteiger charge is 2.55. The average molecular weight is 248 g/mol. The number of carbonyl (C=O) groups is 2. The minimum Gasteiger partial charge on any atom is -0.457 e. The zero-order chi connectivity index (χ0) is 13.1. The van der Waals surface area contributed by atoms with E-state index in [1.807, 2.05) is 13.8 Å². The number of ketones is 1. The standard InChI is InChI=1S/C15H20O3/c1-8-4-5-11(16)15(3)7-6-10-9(2)14(17)18-13(10)12(8)15/h9-10,13H,4-7H2,1-3H3/t9-,10+,13+,15+/m0/s1. The molecule has 3 rings (SSSR count). The largest absolute Gasteiger partial charge is 0.457 e. The quantitative estimate of drug-likeness (QED) is 0.489. The number of ether oxygens (including phenoxy) is 1. The average Bonchev–Trinajstić information content (AvgIpc) is 2.60. The zero-order valence-corrected chi connectivity index (χ0v) is 11.3. The van der Waals surface area contributed by atoms with E-state index in [4.69, 9.17) is 4.74 Å². The molecular formula is C15H20O3. The SMILES string of the molecule is CC1=C2[C@@H]3OC(=O)[C@@H](C)[C@H]3CC[C@]2(C)C(=O)CC1. The first kappa shape index (κ1) is 11.9. The van der Waals surface area contributed by atoms with Gasteiger partial charge in [0.05, 0.1) is 11.3 Å². The summed E-state index contributed by atoms with van der Waals surface area (Å²) in [5, 5.41) is 0. The highest BCUT2D eigenvalue weighted by molar-refractivity contribution is 5.90. The van der Waals surface area contributed by atoms with E-state index in [2.05, 4.69) is 6.92 Å². The molecule has 0 aromatic rings. The molecule has 2 fully saturated rings. The smallest absolute Gasteiger partial charge is 0.309 e. The lowest BCUT2D eigenvalue weighted by Crippen LogP contribution is -2.45. The fraction of sp³-hybridized carbons (Fsp3) is 0.733. The van der Waals surface area contributed by atoms with Gasteiger partial charge in [-0.3, -0.25) is 9.59 Å². The monoisotopic (exact) mass is 248 g/mol. The van der Waals surface area contributed by atoms with Crippen LogP contribution in [0.1, 0.15) is 46.5 Å². The normalized spacial score (nSPS) is 43.6. The molecular weight excluding hydrogens is 228 g/mol. The van der Waals surface area contributed by atoms with Crippen molar-refractivity contribution >= 4 is 11.8 Å². The van der Waals surface area contributed by atoms with Gasteiger partial charge in [0.1, 0.15) is 11.9 Å². The third-order valence-corrected chi connectivity index (χ3v) is 5.30. The van der Waals surface area contributed by atoms with Gasteiger partial charge >= 0.3 is 5.97 Å². The lowest BCUT2D eigenvalue weighted by atomic mass is 9.59. The molecule has 4 atom stereocenters. The van der Waals surface area contributed by atoms with Crippen LogP contribution in [-0.4, -0.2) is 17.9 Å². The maximum absolute atomic E-state index is 12.3. The number of fused-ring (bicyclic) bond motifs is 3. The van der Waals surface area contributed by atoms with E-state index in [1.165, 1.54) is 5.57 Å². The van der Waals surface area contributed by atoms with Gasteiger partial charge in [-0.2, -0.15) is 0 Å². The lowest BCUT2D eigenvalue weighted by Gasteiger charge is -2.44. The van der Waals surface area contributed by atoms with Crippen molar-refractivity contribution in [2.24, 2.45) is 17.3 Å². The van der Waals surface area contributed by atoms with Crippen LogP contribution in [0.15, 0.2) is 11.1 Å². The Bertz CT molecular complexity index is 462. The Morgan fingerprint density at radius 1 is 1.28 bits per heavy atom. The van der Waals surface area contributed by atoms with Crippen LogP contribution in [0.25, 0.3) is 0 Å². The Labute approximate surface area is 108 Å². The second-order valence-electron chi connectivity index (χ2n) is 6.30. The summed E-state index contributed by atoms with van der Waals surface area (Å²) < 4.78 is 5.58. The van der Waals surface area contributed by atoms with E-state index in [1.54, 1.807) is 0 Å². The molecule has 0 spiro atoms. The molecule has 3 nitrogen and oxygen atoms in total. The molecule has 1 heterocycles. The van der Waals surface area contributed by atoms with E-state index in [9.17, 15) is 9.59 Å². The van der Waals surface area contributed by atoms with E-state index < -0.39 is 0 Å². The van der Waals surface area contributed by atoms with Crippen LogP contribution in [-0.2, 0) is 14.3 Å². The predicted molar refractivity (Wildman–Crippen MR) is 66.8 cm³/mol. The third kappa shape index (κ3) is 1.36. The fourth-order valence-corrected chi connectivity index (χ4v) is 4.05. The molecule has 3 heteroatoms. The van der Waals surface area contributed by atoms with Crippen molar-refractivity contribution in [3.63, 3.8) is 0 Å². The first-order valence-corrected chi connectivity index (χ1v) is 6.89. The van der Waals surface area contributed by atoms with E-state index >= 15 is 0 Å². The minimum atomic E-state index is -0.367. The van der Waals surface area contributed by atoms with Crippen molar-refractivity contribution in [1.29, 1.82) is 0 Å². The Hall–Kier alpha value is -1.12. The van der Waals surface area contributed by atoms with Crippen LogP contribution in [0.3, 0.4) is 0 Å². The van der Waals surface area contributed by atoms with Gasteiger partial charge in [0.15, 0.2) is 0 Å². The summed E-state index contributed by atoms with van der Waals surface area (Å²) in [4.78, 5) is 24.1. The molecule has 0 radical (unpaired) electrons. The molecule has 1 aliphatic heterocycles. The highest BCUT2D eigenvalue weighted by atomic mass is 16.6. The van der Waals surface area contributed by atoms with Gasteiger partial charge in [-0.05, 0) is 38.7 Å². The summed E-state index contributed by atoms with van der Waals surface area (Å²) in [6.45, 7) is 6.09. The molecule has 0 amide bonds. The molecule has 2 aliphatic carbocycles. The van der Waals surface area contributed by atoms with Gasteiger partial charge in [0, 0.05) is 12.3 Å². The second-order valence-corrected chi connectivity index (χ2v) is 6.30. The molecule has 0 bridgehead atoms. The van der Waals surface area contributed by atoms with Gasteiger partial charge in [0.25, 0.3) is 0 Å².